The molecule has 0 bridgehead atoms. The van der Waals surface area contributed by atoms with Crippen LogP contribution in [0.3, 0.4) is 0 Å². The lowest BCUT2D eigenvalue weighted by molar-refractivity contribution is 0.276. The van der Waals surface area contributed by atoms with Crippen molar-refractivity contribution in [3.63, 3.8) is 0 Å². The SMILES string of the molecule is CC(=N)c1cc(-c2cc(NC(CO)c3ccccc3)cnc2-c2cccc3[nH]cnc23)ccc1N. The summed E-state index contributed by atoms with van der Waals surface area (Å²) in [5.74, 6) is 0. The van der Waals surface area contributed by atoms with Crippen LogP contribution in [-0.4, -0.2) is 32.4 Å². The Morgan fingerprint density at radius 3 is 2.63 bits per heavy atom. The van der Waals surface area contributed by atoms with E-state index in [1.165, 1.54) is 0 Å². The molecule has 174 valence electrons. The van der Waals surface area contributed by atoms with Gasteiger partial charge in [0.2, 0.25) is 0 Å². The Morgan fingerprint density at radius 2 is 1.86 bits per heavy atom. The third-order valence-corrected chi connectivity index (χ3v) is 6.09. The molecule has 6 N–H and O–H groups in total. The Labute approximate surface area is 203 Å². The molecule has 7 heteroatoms. The highest BCUT2D eigenvalue weighted by Gasteiger charge is 2.17. The molecular formula is C28H26N6O. The fourth-order valence-corrected chi connectivity index (χ4v) is 4.30. The number of para-hydroxylation sites is 1. The van der Waals surface area contributed by atoms with Gasteiger partial charge < -0.3 is 26.6 Å². The van der Waals surface area contributed by atoms with Crippen LogP contribution in [0.1, 0.15) is 24.1 Å². The molecular weight excluding hydrogens is 436 g/mol. The van der Waals surface area contributed by atoms with Gasteiger partial charge in [-0.2, -0.15) is 0 Å². The number of pyridine rings is 1. The first-order chi connectivity index (χ1) is 17.0. The number of fused-ring (bicyclic) bond motifs is 1. The van der Waals surface area contributed by atoms with Gasteiger partial charge in [0.25, 0.3) is 0 Å². The van der Waals surface area contributed by atoms with Gasteiger partial charge in [0.1, 0.15) is 0 Å². The van der Waals surface area contributed by atoms with E-state index in [1.54, 1.807) is 19.4 Å². The van der Waals surface area contributed by atoms with Crippen molar-refractivity contribution in [3.8, 4) is 22.4 Å². The second kappa shape index (κ2) is 9.40. The van der Waals surface area contributed by atoms with Crippen molar-refractivity contribution in [2.45, 2.75) is 13.0 Å². The van der Waals surface area contributed by atoms with Gasteiger partial charge in [-0.1, -0.05) is 48.5 Å². The maximum Gasteiger partial charge on any atom is 0.0976 e. The number of aromatic nitrogens is 3. The van der Waals surface area contributed by atoms with Gasteiger partial charge in [-0.25, -0.2) is 4.98 Å². The molecule has 0 saturated heterocycles. The van der Waals surface area contributed by atoms with E-state index in [-0.39, 0.29) is 12.6 Å². The van der Waals surface area contributed by atoms with Gasteiger partial charge >= 0.3 is 0 Å². The average molecular weight is 463 g/mol. The number of nitrogens with one attached hydrogen (secondary N) is 3. The molecule has 0 amide bonds. The monoisotopic (exact) mass is 462 g/mol. The summed E-state index contributed by atoms with van der Waals surface area (Å²) in [5, 5.41) is 21.6. The second-order valence-corrected chi connectivity index (χ2v) is 8.44. The topological polar surface area (TPSA) is 124 Å². The van der Waals surface area contributed by atoms with Crippen LogP contribution in [0.4, 0.5) is 11.4 Å². The van der Waals surface area contributed by atoms with E-state index in [2.05, 4.69) is 15.3 Å². The number of aliphatic hydroxyl groups excluding tert-OH is 1. The fourth-order valence-electron chi connectivity index (χ4n) is 4.30. The Bertz CT molecular complexity index is 1510. The van der Waals surface area contributed by atoms with Crippen molar-refractivity contribution in [1.29, 1.82) is 5.41 Å². The average Bonchev–Trinajstić information content (AvgIpc) is 3.37. The number of hydrogen-bond acceptors (Lipinski definition) is 6. The van der Waals surface area contributed by atoms with E-state index >= 15 is 0 Å². The largest absolute Gasteiger partial charge is 0.398 e. The molecule has 0 radical (unpaired) electrons. The highest BCUT2D eigenvalue weighted by Crippen LogP contribution is 2.37. The smallest absolute Gasteiger partial charge is 0.0976 e. The summed E-state index contributed by atoms with van der Waals surface area (Å²) in [6.07, 6.45) is 3.45. The van der Waals surface area contributed by atoms with E-state index in [0.717, 1.165) is 44.7 Å². The van der Waals surface area contributed by atoms with Gasteiger partial charge in [0.15, 0.2) is 0 Å². The minimum Gasteiger partial charge on any atom is -0.398 e. The number of nitrogen functional groups attached to an aromatic ring is 1. The molecule has 0 aliphatic carbocycles. The van der Waals surface area contributed by atoms with Crippen molar-refractivity contribution in [2.75, 3.05) is 17.7 Å². The van der Waals surface area contributed by atoms with Crippen LogP contribution in [0, 0.1) is 5.41 Å². The lowest BCUT2D eigenvalue weighted by atomic mass is 9.95. The maximum absolute atomic E-state index is 10.1. The summed E-state index contributed by atoms with van der Waals surface area (Å²) < 4.78 is 0. The number of nitrogens with two attached hydrogens (primary N) is 1. The number of aromatic amines is 1. The predicted molar refractivity (Wildman–Crippen MR) is 142 cm³/mol. The molecule has 7 nitrogen and oxygen atoms in total. The Balaban J connectivity index is 1.66. The lowest BCUT2D eigenvalue weighted by Gasteiger charge is -2.20. The summed E-state index contributed by atoms with van der Waals surface area (Å²) in [4.78, 5) is 12.5. The number of anilines is 2. The first kappa shape index (κ1) is 22.3. The molecule has 1 atom stereocenters. The number of rotatable bonds is 7. The van der Waals surface area contributed by atoms with Crippen LogP contribution in [0.25, 0.3) is 33.4 Å². The highest BCUT2D eigenvalue weighted by atomic mass is 16.3. The van der Waals surface area contributed by atoms with Crippen LogP contribution >= 0.6 is 0 Å². The number of nitrogens with zero attached hydrogens (tertiary/aromatic N) is 2. The van der Waals surface area contributed by atoms with Crippen LogP contribution < -0.4 is 11.1 Å². The molecule has 5 aromatic rings. The molecule has 5 rings (SSSR count). The van der Waals surface area contributed by atoms with E-state index < -0.39 is 0 Å². The third-order valence-electron chi connectivity index (χ3n) is 6.09. The van der Waals surface area contributed by atoms with Crippen molar-refractivity contribution < 1.29 is 5.11 Å². The molecule has 0 saturated carbocycles. The summed E-state index contributed by atoms with van der Waals surface area (Å²) in [6.45, 7) is 1.66. The summed E-state index contributed by atoms with van der Waals surface area (Å²) in [5.41, 5.74) is 14.7. The first-order valence-electron chi connectivity index (χ1n) is 11.4. The maximum atomic E-state index is 10.1. The third kappa shape index (κ3) is 4.37. The Morgan fingerprint density at radius 1 is 1.03 bits per heavy atom. The van der Waals surface area contributed by atoms with E-state index in [9.17, 15) is 5.11 Å². The molecule has 0 spiro atoms. The van der Waals surface area contributed by atoms with Crippen LogP contribution in [0.2, 0.25) is 0 Å². The Kier molecular flexibility index (Phi) is 5.99. The zero-order valence-corrected chi connectivity index (χ0v) is 19.3. The first-order valence-corrected chi connectivity index (χ1v) is 11.4. The normalized spacial score (nSPS) is 11.9. The predicted octanol–water partition coefficient (Wildman–Crippen LogP) is 5.41. The van der Waals surface area contributed by atoms with E-state index in [1.807, 2.05) is 72.8 Å². The summed E-state index contributed by atoms with van der Waals surface area (Å²) >= 11 is 0. The second-order valence-electron chi connectivity index (χ2n) is 8.44. The standard InChI is InChI=1S/C28H26N6O/c1-17(29)22-12-19(10-11-24(22)30)23-13-20(34-26(15-35)18-6-3-2-4-7-18)14-31-27(23)21-8-5-9-25-28(21)33-16-32-25/h2-14,16,26,29,34-35H,15,30H2,1H3,(H,32,33). The minimum atomic E-state index is -0.280. The molecule has 3 aromatic carbocycles. The number of H-pyrrole nitrogens is 1. The molecule has 2 heterocycles. The number of benzene rings is 3. The fraction of sp³-hybridized carbons (Fsp3) is 0.107. The number of imidazole rings is 1. The summed E-state index contributed by atoms with van der Waals surface area (Å²) in [7, 11) is 0. The van der Waals surface area contributed by atoms with Gasteiger partial charge in [-0.15, -0.1) is 0 Å². The molecule has 0 fully saturated rings. The minimum absolute atomic E-state index is 0.0628. The van der Waals surface area contributed by atoms with Gasteiger partial charge in [-0.05, 0) is 42.3 Å². The van der Waals surface area contributed by atoms with Crippen molar-refractivity contribution in [2.24, 2.45) is 0 Å². The van der Waals surface area contributed by atoms with Crippen LogP contribution in [0.15, 0.2) is 85.3 Å². The van der Waals surface area contributed by atoms with Gasteiger partial charge in [0.05, 0.1) is 47.6 Å². The van der Waals surface area contributed by atoms with E-state index in [4.69, 9.17) is 16.1 Å². The molecule has 2 aromatic heterocycles. The van der Waals surface area contributed by atoms with Crippen molar-refractivity contribution >= 4 is 28.1 Å². The van der Waals surface area contributed by atoms with Crippen molar-refractivity contribution in [1.82, 2.24) is 15.0 Å². The van der Waals surface area contributed by atoms with Crippen LogP contribution in [-0.2, 0) is 0 Å². The molecule has 1 unspecified atom stereocenters. The molecule has 0 aliphatic rings. The zero-order valence-electron chi connectivity index (χ0n) is 19.3. The van der Waals surface area contributed by atoms with Gasteiger partial charge in [0, 0.05) is 28.1 Å². The molecule has 35 heavy (non-hydrogen) atoms. The molecule has 0 aliphatic heterocycles. The quantitative estimate of drug-likeness (QED) is 0.163. The lowest BCUT2D eigenvalue weighted by Crippen LogP contribution is -2.15. The Hall–Kier alpha value is -4.49. The van der Waals surface area contributed by atoms with Crippen molar-refractivity contribution in [3.05, 3.63) is 96.4 Å². The highest BCUT2D eigenvalue weighted by molar-refractivity contribution is 6.03. The number of hydrogen-bond donors (Lipinski definition) is 5. The van der Waals surface area contributed by atoms with E-state index in [0.29, 0.717) is 17.0 Å². The van der Waals surface area contributed by atoms with Crippen LogP contribution in [0.5, 0.6) is 0 Å². The summed E-state index contributed by atoms with van der Waals surface area (Å²) in [6, 6.07) is 23.2. The number of aliphatic hydroxyl groups is 1. The zero-order chi connectivity index (χ0) is 24.4. The van der Waals surface area contributed by atoms with Gasteiger partial charge in [-0.3, -0.25) is 4.98 Å².